The van der Waals surface area contributed by atoms with Gasteiger partial charge in [0.1, 0.15) is 0 Å². The number of rotatable bonds is 4. The number of piperazine rings is 1. The smallest absolute Gasteiger partial charge is 0.171 e. The van der Waals surface area contributed by atoms with E-state index in [2.05, 4.69) is 44.5 Å². The standard InChI is InChI=1S/C18H20ClIN2O2/c1-24-17-11-13(10-16(20)18(17)23)12-21-6-8-22(9-7-21)15-4-2-14(19)3-5-15/h2-5,10-11,23H,6-9,12H2,1H3. The van der Waals surface area contributed by atoms with Crippen LogP contribution in [0.2, 0.25) is 5.02 Å². The van der Waals surface area contributed by atoms with Crippen molar-refractivity contribution in [3.63, 3.8) is 0 Å². The molecule has 0 aliphatic carbocycles. The number of halogens is 2. The summed E-state index contributed by atoms with van der Waals surface area (Å²) < 4.78 is 6.07. The molecule has 2 aromatic rings. The van der Waals surface area contributed by atoms with Crippen molar-refractivity contribution in [3.8, 4) is 11.5 Å². The van der Waals surface area contributed by atoms with Crippen molar-refractivity contribution in [1.82, 2.24) is 4.90 Å². The molecule has 0 radical (unpaired) electrons. The van der Waals surface area contributed by atoms with Gasteiger partial charge < -0.3 is 14.7 Å². The largest absolute Gasteiger partial charge is 0.504 e. The van der Waals surface area contributed by atoms with E-state index in [1.165, 1.54) is 5.69 Å². The van der Waals surface area contributed by atoms with Gasteiger partial charge in [0.15, 0.2) is 11.5 Å². The molecule has 0 aromatic heterocycles. The Morgan fingerprint density at radius 1 is 1.12 bits per heavy atom. The molecule has 1 N–H and O–H groups in total. The lowest BCUT2D eigenvalue weighted by molar-refractivity contribution is 0.249. The zero-order valence-electron chi connectivity index (χ0n) is 13.5. The van der Waals surface area contributed by atoms with Crippen LogP contribution >= 0.6 is 34.2 Å². The van der Waals surface area contributed by atoms with E-state index >= 15 is 0 Å². The van der Waals surface area contributed by atoms with Crippen LogP contribution in [0, 0.1) is 3.57 Å². The quantitative estimate of drug-likeness (QED) is 0.703. The van der Waals surface area contributed by atoms with Crippen LogP contribution in [0.4, 0.5) is 5.69 Å². The van der Waals surface area contributed by atoms with Crippen molar-refractivity contribution in [1.29, 1.82) is 0 Å². The van der Waals surface area contributed by atoms with Crippen LogP contribution in [0.5, 0.6) is 11.5 Å². The molecule has 0 saturated carbocycles. The van der Waals surface area contributed by atoms with Gasteiger partial charge in [-0.3, -0.25) is 4.90 Å². The van der Waals surface area contributed by atoms with E-state index < -0.39 is 0 Å². The highest BCUT2D eigenvalue weighted by Crippen LogP contribution is 2.33. The summed E-state index contributed by atoms with van der Waals surface area (Å²) in [4.78, 5) is 4.81. The molecular weight excluding hydrogens is 439 g/mol. The van der Waals surface area contributed by atoms with Gasteiger partial charge in [-0.1, -0.05) is 11.6 Å². The average molecular weight is 459 g/mol. The van der Waals surface area contributed by atoms with E-state index in [1.807, 2.05) is 24.3 Å². The van der Waals surface area contributed by atoms with Gasteiger partial charge in [0.05, 0.1) is 10.7 Å². The first-order chi connectivity index (χ1) is 11.6. The second-order valence-corrected chi connectivity index (χ2v) is 7.47. The number of benzene rings is 2. The summed E-state index contributed by atoms with van der Waals surface area (Å²) in [6, 6.07) is 12.0. The van der Waals surface area contributed by atoms with Crippen LogP contribution in [-0.4, -0.2) is 43.3 Å². The molecule has 0 spiro atoms. The molecule has 2 aromatic carbocycles. The summed E-state index contributed by atoms with van der Waals surface area (Å²) in [5, 5.41) is 10.7. The van der Waals surface area contributed by atoms with Crippen LogP contribution in [0.3, 0.4) is 0 Å². The molecular formula is C18H20ClIN2O2. The summed E-state index contributed by atoms with van der Waals surface area (Å²) in [7, 11) is 1.58. The first-order valence-electron chi connectivity index (χ1n) is 7.85. The molecule has 1 aliphatic rings. The Morgan fingerprint density at radius 3 is 2.42 bits per heavy atom. The van der Waals surface area contributed by atoms with E-state index in [0.717, 1.165) is 46.9 Å². The summed E-state index contributed by atoms with van der Waals surface area (Å²) in [5.74, 6) is 0.756. The fourth-order valence-electron chi connectivity index (χ4n) is 2.95. The Balaban J connectivity index is 1.61. The second kappa shape index (κ2) is 7.80. The van der Waals surface area contributed by atoms with Gasteiger partial charge in [0.25, 0.3) is 0 Å². The zero-order chi connectivity index (χ0) is 17.1. The highest BCUT2D eigenvalue weighted by atomic mass is 127. The molecule has 6 heteroatoms. The Morgan fingerprint density at radius 2 is 1.79 bits per heavy atom. The van der Waals surface area contributed by atoms with Gasteiger partial charge in [-0.25, -0.2) is 0 Å². The fraction of sp³-hybridized carbons (Fsp3) is 0.333. The van der Waals surface area contributed by atoms with Crippen molar-refractivity contribution in [3.05, 3.63) is 50.6 Å². The average Bonchev–Trinajstić information content (AvgIpc) is 2.59. The summed E-state index contributed by atoms with van der Waals surface area (Å²) in [6.45, 7) is 4.85. The molecule has 3 rings (SSSR count). The number of hydrogen-bond acceptors (Lipinski definition) is 4. The number of phenolic OH excluding ortho intramolecular Hbond substituents is 1. The molecule has 1 heterocycles. The van der Waals surface area contributed by atoms with Crippen molar-refractivity contribution in [2.45, 2.75) is 6.54 Å². The minimum absolute atomic E-state index is 0.217. The van der Waals surface area contributed by atoms with E-state index in [-0.39, 0.29) is 5.75 Å². The number of hydrogen-bond donors (Lipinski definition) is 1. The first kappa shape index (κ1) is 17.6. The van der Waals surface area contributed by atoms with Gasteiger partial charge in [0.2, 0.25) is 0 Å². The van der Waals surface area contributed by atoms with Gasteiger partial charge in [-0.2, -0.15) is 0 Å². The van der Waals surface area contributed by atoms with Crippen molar-refractivity contribution in [2.75, 3.05) is 38.2 Å². The predicted molar refractivity (Wildman–Crippen MR) is 106 cm³/mol. The minimum Gasteiger partial charge on any atom is -0.504 e. The minimum atomic E-state index is 0.217. The SMILES string of the molecule is COc1cc(CN2CCN(c3ccc(Cl)cc3)CC2)cc(I)c1O. The van der Waals surface area contributed by atoms with Crippen LogP contribution in [0.25, 0.3) is 0 Å². The molecule has 1 aliphatic heterocycles. The first-order valence-corrected chi connectivity index (χ1v) is 9.31. The monoisotopic (exact) mass is 458 g/mol. The second-order valence-electron chi connectivity index (χ2n) is 5.87. The van der Waals surface area contributed by atoms with Crippen molar-refractivity contribution in [2.24, 2.45) is 0 Å². The summed E-state index contributed by atoms with van der Waals surface area (Å²) >= 11 is 8.10. The maximum absolute atomic E-state index is 9.95. The maximum atomic E-state index is 9.95. The molecule has 0 bridgehead atoms. The zero-order valence-corrected chi connectivity index (χ0v) is 16.4. The van der Waals surface area contributed by atoms with E-state index in [9.17, 15) is 5.11 Å². The van der Waals surface area contributed by atoms with Gasteiger partial charge >= 0.3 is 0 Å². The highest BCUT2D eigenvalue weighted by Gasteiger charge is 2.18. The fourth-order valence-corrected chi connectivity index (χ4v) is 3.74. The summed E-state index contributed by atoms with van der Waals surface area (Å²) in [6.07, 6.45) is 0. The normalized spacial score (nSPS) is 15.5. The van der Waals surface area contributed by atoms with E-state index in [4.69, 9.17) is 16.3 Å². The van der Waals surface area contributed by atoms with Crippen molar-refractivity contribution >= 4 is 39.9 Å². The summed E-state index contributed by atoms with van der Waals surface area (Å²) in [5.41, 5.74) is 2.38. The topological polar surface area (TPSA) is 35.9 Å². The number of phenols is 1. The molecule has 128 valence electrons. The van der Waals surface area contributed by atoms with Gasteiger partial charge in [-0.05, 0) is 64.6 Å². The Kier molecular flexibility index (Phi) is 5.73. The number of nitrogens with zero attached hydrogens (tertiary/aromatic N) is 2. The molecule has 24 heavy (non-hydrogen) atoms. The maximum Gasteiger partial charge on any atom is 0.171 e. The lowest BCUT2D eigenvalue weighted by Gasteiger charge is -2.36. The highest BCUT2D eigenvalue weighted by molar-refractivity contribution is 14.1. The molecule has 0 amide bonds. The molecule has 1 fully saturated rings. The van der Waals surface area contributed by atoms with Crippen LogP contribution < -0.4 is 9.64 Å². The Labute approximate surface area is 161 Å². The lowest BCUT2D eigenvalue weighted by atomic mass is 10.1. The molecule has 4 nitrogen and oxygen atoms in total. The number of ether oxygens (including phenoxy) is 1. The van der Waals surface area contributed by atoms with Crippen LogP contribution in [0.15, 0.2) is 36.4 Å². The number of methoxy groups -OCH3 is 1. The van der Waals surface area contributed by atoms with Gasteiger partial charge in [-0.15, -0.1) is 0 Å². The predicted octanol–water partition coefficient (Wildman–Crippen LogP) is 3.98. The molecule has 0 unspecified atom stereocenters. The third kappa shape index (κ3) is 4.07. The van der Waals surface area contributed by atoms with Crippen molar-refractivity contribution < 1.29 is 9.84 Å². The van der Waals surface area contributed by atoms with Crippen LogP contribution in [-0.2, 0) is 6.54 Å². The Hall–Kier alpha value is -1.18. The molecule has 1 saturated heterocycles. The number of anilines is 1. The van der Waals surface area contributed by atoms with Crippen LogP contribution in [0.1, 0.15) is 5.56 Å². The van der Waals surface area contributed by atoms with E-state index in [1.54, 1.807) is 7.11 Å². The van der Waals surface area contributed by atoms with Gasteiger partial charge in [0, 0.05) is 43.4 Å². The third-order valence-electron chi connectivity index (χ3n) is 4.28. The number of aromatic hydroxyl groups is 1. The lowest BCUT2D eigenvalue weighted by Crippen LogP contribution is -2.45. The molecule has 0 atom stereocenters. The Bertz CT molecular complexity index is 701. The van der Waals surface area contributed by atoms with E-state index in [0.29, 0.717) is 5.75 Å². The third-order valence-corrected chi connectivity index (χ3v) is 5.35.